The van der Waals surface area contributed by atoms with Crippen LogP contribution in [0.4, 0.5) is 32.1 Å². The number of nitrogens with zero attached hydrogens (tertiary/aromatic N) is 5. The number of benzene rings is 1. The van der Waals surface area contributed by atoms with Crippen LogP contribution in [0.2, 0.25) is 0 Å². The van der Waals surface area contributed by atoms with Gasteiger partial charge < -0.3 is 30.7 Å². The van der Waals surface area contributed by atoms with Crippen molar-refractivity contribution in [1.29, 1.82) is 0 Å². The molecule has 190 valence electrons. The molecule has 3 N–H and O–H groups in total. The standard InChI is InChI=1S/C24H34F2N8S/c1-32(13-7-28-24(35)29-20-15-18(25)14-19(26)16-20)12-6-27-21-17-22(33-8-2-3-9-33)31-23(30-21)34-10-4-5-11-34/h14-17H,2-13H2,1H3,(H,27,30,31)(H2,28,29,35). The van der Waals surface area contributed by atoms with E-state index in [9.17, 15) is 8.78 Å². The Balaban J connectivity index is 1.22. The number of rotatable bonds is 10. The minimum Gasteiger partial charge on any atom is -0.369 e. The molecule has 0 saturated carbocycles. The van der Waals surface area contributed by atoms with Crippen molar-refractivity contribution < 1.29 is 8.78 Å². The van der Waals surface area contributed by atoms with Crippen LogP contribution in [0, 0.1) is 11.6 Å². The number of likely N-dealkylation sites (N-methyl/N-ethyl adjacent to an activating group) is 1. The first-order valence-electron chi connectivity index (χ1n) is 12.3. The van der Waals surface area contributed by atoms with Crippen molar-refractivity contribution in [3.63, 3.8) is 0 Å². The van der Waals surface area contributed by atoms with Crippen LogP contribution in [0.25, 0.3) is 0 Å². The molecule has 8 nitrogen and oxygen atoms in total. The van der Waals surface area contributed by atoms with Gasteiger partial charge in [-0.05, 0) is 57.1 Å². The quantitative estimate of drug-likeness (QED) is 0.423. The third kappa shape index (κ3) is 7.60. The molecule has 0 amide bonds. The highest BCUT2D eigenvalue weighted by Crippen LogP contribution is 2.25. The maximum absolute atomic E-state index is 13.3. The first-order chi connectivity index (χ1) is 17.0. The summed E-state index contributed by atoms with van der Waals surface area (Å²) >= 11 is 5.22. The molecule has 2 aliphatic rings. The minimum absolute atomic E-state index is 0.281. The smallest absolute Gasteiger partial charge is 0.229 e. The van der Waals surface area contributed by atoms with Crippen molar-refractivity contribution in [3.05, 3.63) is 35.9 Å². The maximum Gasteiger partial charge on any atom is 0.229 e. The molecular weight excluding hydrogens is 470 g/mol. The van der Waals surface area contributed by atoms with Crippen LogP contribution >= 0.6 is 12.2 Å². The van der Waals surface area contributed by atoms with Gasteiger partial charge in [-0.1, -0.05) is 0 Å². The summed E-state index contributed by atoms with van der Waals surface area (Å²) in [6.45, 7) is 7.06. The highest BCUT2D eigenvalue weighted by atomic mass is 32.1. The summed E-state index contributed by atoms with van der Waals surface area (Å²) < 4.78 is 26.6. The van der Waals surface area contributed by atoms with Gasteiger partial charge in [0, 0.05) is 70.2 Å². The number of thiocarbonyl (C=S) groups is 1. The van der Waals surface area contributed by atoms with Crippen molar-refractivity contribution in [2.24, 2.45) is 0 Å². The normalized spacial score (nSPS) is 15.7. The fourth-order valence-electron chi connectivity index (χ4n) is 4.33. The fourth-order valence-corrected chi connectivity index (χ4v) is 4.55. The van der Waals surface area contributed by atoms with Crippen molar-refractivity contribution >= 4 is 40.6 Å². The van der Waals surface area contributed by atoms with Gasteiger partial charge in [-0.15, -0.1) is 0 Å². The number of anilines is 4. The molecule has 3 heterocycles. The lowest BCUT2D eigenvalue weighted by Crippen LogP contribution is -2.37. The van der Waals surface area contributed by atoms with Crippen LogP contribution in [-0.4, -0.2) is 79.4 Å². The molecular formula is C24H34F2N8S. The van der Waals surface area contributed by atoms with Crippen LogP contribution in [0.3, 0.4) is 0 Å². The number of halogens is 2. The van der Waals surface area contributed by atoms with Crippen LogP contribution in [0.5, 0.6) is 0 Å². The lowest BCUT2D eigenvalue weighted by Gasteiger charge is -2.22. The summed E-state index contributed by atoms with van der Waals surface area (Å²) in [5.41, 5.74) is 0.281. The van der Waals surface area contributed by atoms with Crippen LogP contribution < -0.4 is 25.8 Å². The molecule has 0 bridgehead atoms. The zero-order chi connectivity index (χ0) is 24.6. The van der Waals surface area contributed by atoms with Gasteiger partial charge in [-0.25, -0.2) is 8.78 Å². The molecule has 4 rings (SSSR count). The molecule has 1 aromatic heterocycles. The lowest BCUT2D eigenvalue weighted by atomic mass is 10.3. The zero-order valence-corrected chi connectivity index (χ0v) is 21.0. The van der Waals surface area contributed by atoms with Gasteiger partial charge in [0.15, 0.2) is 5.11 Å². The first kappa shape index (κ1) is 25.3. The summed E-state index contributed by atoms with van der Waals surface area (Å²) in [5.74, 6) is 1.41. The second-order valence-corrected chi connectivity index (χ2v) is 9.48. The monoisotopic (exact) mass is 504 g/mol. The van der Waals surface area contributed by atoms with Crippen LogP contribution in [0.1, 0.15) is 25.7 Å². The maximum atomic E-state index is 13.3. The predicted octanol–water partition coefficient (Wildman–Crippen LogP) is 3.29. The molecule has 0 aliphatic carbocycles. The topological polar surface area (TPSA) is 71.6 Å². The van der Waals surface area contributed by atoms with Gasteiger partial charge in [0.1, 0.15) is 23.3 Å². The van der Waals surface area contributed by atoms with Gasteiger partial charge in [-0.2, -0.15) is 9.97 Å². The molecule has 1 aromatic carbocycles. The highest BCUT2D eigenvalue weighted by Gasteiger charge is 2.20. The van der Waals surface area contributed by atoms with E-state index in [1.54, 1.807) is 0 Å². The van der Waals surface area contributed by atoms with E-state index < -0.39 is 11.6 Å². The van der Waals surface area contributed by atoms with Gasteiger partial charge in [0.05, 0.1) is 0 Å². The van der Waals surface area contributed by atoms with Gasteiger partial charge in [0.25, 0.3) is 0 Å². The Labute approximate surface area is 211 Å². The Bertz CT molecular complexity index is 941. The summed E-state index contributed by atoms with van der Waals surface area (Å²) in [7, 11) is 2.03. The summed E-state index contributed by atoms with van der Waals surface area (Å²) in [5, 5.41) is 9.67. The Morgan fingerprint density at radius 2 is 1.54 bits per heavy atom. The van der Waals surface area contributed by atoms with Crippen molar-refractivity contribution in [2.75, 3.05) is 79.8 Å². The third-order valence-electron chi connectivity index (χ3n) is 6.22. The third-order valence-corrected chi connectivity index (χ3v) is 6.47. The molecule has 0 spiro atoms. The van der Waals surface area contributed by atoms with E-state index in [1.807, 2.05) is 7.05 Å². The molecule has 35 heavy (non-hydrogen) atoms. The van der Waals surface area contributed by atoms with E-state index in [-0.39, 0.29) is 5.69 Å². The Kier molecular flexibility index (Phi) is 8.86. The van der Waals surface area contributed by atoms with Gasteiger partial charge in [-0.3, -0.25) is 0 Å². The van der Waals surface area contributed by atoms with Crippen molar-refractivity contribution in [1.82, 2.24) is 20.2 Å². The number of hydrogen-bond acceptors (Lipinski definition) is 7. The van der Waals surface area contributed by atoms with E-state index in [1.165, 1.54) is 37.8 Å². The zero-order valence-electron chi connectivity index (χ0n) is 20.2. The van der Waals surface area contributed by atoms with Crippen molar-refractivity contribution in [3.8, 4) is 0 Å². The number of aromatic nitrogens is 2. The number of hydrogen-bond donors (Lipinski definition) is 3. The van der Waals surface area contributed by atoms with E-state index in [0.717, 1.165) is 69.5 Å². The average molecular weight is 505 g/mol. The summed E-state index contributed by atoms with van der Waals surface area (Å²) in [4.78, 5) is 16.4. The second kappa shape index (κ2) is 12.3. The predicted molar refractivity (Wildman–Crippen MR) is 141 cm³/mol. The lowest BCUT2D eigenvalue weighted by molar-refractivity contribution is 0.352. The molecule has 2 aliphatic heterocycles. The van der Waals surface area contributed by atoms with E-state index in [2.05, 4.69) is 36.7 Å². The second-order valence-electron chi connectivity index (χ2n) is 9.07. The Hall–Kier alpha value is -2.79. The average Bonchev–Trinajstić information content (AvgIpc) is 3.53. The number of nitrogens with one attached hydrogen (secondary N) is 3. The largest absolute Gasteiger partial charge is 0.369 e. The summed E-state index contributed by atoms with van der Waals surface area (Å²) in [6.07, 6.45) is 4.80. The Morgan fingerprint density at radius 1 is 0.914 bits per heavy atom. The van der Waals surface area contributed by atoms with E-state index in [0.29, 0.717) is 11.7 Å². The molecule has 0 radical (unpaired) electrons. The molecule has 2 aromatic rings. The SMILES string of the molecule is CN(CCNC(=S)Nc1cc(F)cc(F)c1)CCNc1cc(N2CCCC2)nc(N2CCCC2)n1. The minimum atomic E-state index is -0.647. The van der Waals surface area contributed by atoms with Crippen molar-refractivity contribution in [2.45, 2.75) is 25.7 Å². The molecule has 2 fully saturated rings. The van der Waals surface area contributed by atoms with Crippen LogP contribution in [0.15, 0.2) is 24.3 Å². The molecule has 0 unspecified atom stereocenters. The summed E-state index contributed by atoms with van der Waals surface area (Å²) in [6, 6.07) is 5.29. The molecule has 11 heteroatoms. The van der Waals surface area contributed by atoms with E-state index >= 15 is 0 Å². The van der Waals surface area contributed by atoms with Crippen LogP contribution in [-0.2, 0) is 0 Å². The van der Waals surface area contributed by atoms with Gasteiger partial charge >= 0.3 is 0 Å². The molecule has 0 atom stereocenters. The fraction of sp³-hybridized carbons (Fsp3) is 0.542. The van der Waals surface area contributed by atoms with E-state index in [4.69, 9.17) is 22.2 Å². The highest BCUT2D eigenvalue weighted by molar-refractivity contribution is 7.80. The first-order valence-corrected chi connectivity index (χ1v) is 12.7. The van der Waals surface area contributed by atoms with Gasteiger partial charge in [0.2, 0.25) is 5.95 Å². The molecule has 2 saturated heterocycles. The Morgan fingerprint density at radius 3 is 2.23 bits per heavy atom.